The molecular weight excluding hydrogens is 260 g/mol. The molecule has 0 radical (unpaired) electrons. The molecule has 1 unspecified atom stereocenters. The Balaban J connectivity index is 2.03. The van der Waals surface area contributed by atoms with Gasteiger partial charge in [-0.1, -0.05) is 0 Å². The third-order valence-corrected chi connectivity index (χ3v) is 2.88. The number of hydrogen-bond acceptors (Lipinski definition) is 4. The Morgan fingerprint density at radius 1 is 1.20 bits per heavy atom. The van der Waals surface area contributed by atoms with Crippen LogP contribution in [0.5, 0.6) is 11.5 Å². The predicted octanol–water partition coefficient (Wildman–Crippen LogP) is 2.84. The van der Waals surface area contributed by atoms with Crippen LogP contribution in [-0.2, 0) is 4.79 Å². The van der Waals surface area contributed by atoms with Crippen LogP contribution in [0.1, 0.15) is 17.4 Å². The fourth-order valence-corrected chi connectivity index (χ4v) is 1.77. The van der Waals surface area contributed by atoms with Crippen LogP contribution >= 0.6 is 0 Å². The number of hydrogen-bond donors (Lipinski definition) is 1. The van der Waals surface area contributed by atoms with Crippen molar-refractivity contribution in [3.8, 4) is 11.5 Å². The maximum atomic E-state index is 11.3. The zero-order valence-electron chi connectivity index (χ0n) is 11.3. The molecule has 2 aromatic rings. The SMILES string of the molecule is COc1ccc(OCC(C(=O)O)c2ccc(C)o2)cc1. The Labute approximate surface area is 116 Å². The van der Waals surface area contributed by atoms with Gasteiger partial charge in [0.05, 0.1) is 7.11 Å². The van der Waals surface area contributed by atoms with E-state index in [9.17, 15) is 9.90 Å². The van der Waals surface area contributed by atoms with Crippen LogP contribution in [0, 0.1) is 6.92 Å². The lowest BCUT2D eigenvalue weighted by molar-refractivity contribution is -0.140. The van der Waals surface area contributed by atoms with Gasteiger partial charge in [0.2, 0.25) is 0 Å². The number of rotatable bonds is 6. The van der Waals surface area contributed by atoms with Gasteiger partial charge in [0.1, 0.15) is 35.5 Å². The molecule has 20 heavy (non-hydrogen) atoms. The fourth-order valence-electron chi connectivity index (χ4n) is 1.77. The van der Waals surface area contributed by atoms with Crippen LogP contribution in [0.15, 0.2) is 40.8 Å². The second kappa shape index (κ2) is 6.14. The van der Waals surface area contributed by atoms with Gasteiger partial charge in [-0.15, -0.1) is 0 Å². The Bertz CT molecular complexity index is 570. The lowest BCUT2D eigenvalue weighted by Crippen LogP contribution is -2.19. The number of carbonyl (C=O) groups is 1. The molecule has 0 fully saturated rings. The molecular formula is C15H16O5. The second-order valence-corrected chi connectivity index (χ2v) is 4.33. The molecule has 1 aromatic heterocycles. The molecule has 5 heteroatoms. The van der Waals surface area contributed by atoms with E-state index in [1.54, 1.807) is 50.4 Å². The first-order valence-corrected chi connectivity index (χ1v) is 6.16. The van der Waals surface area contributed by atoms with Crippen molar-refractivity contribution in [2.75, 3.05) is 13.7 Å². The molecule has 0 aliphatic rings. The molecule has 106 valence electrons. The van der Waals surface area contributed by atoms with E-state index < -0.39 is 11.9 Å². The van der Waals surface area contributed by atoms with Crippen molar-refractivity contribution < 1.29 is 23.8 Å². The van der Waals surface area contributed by atoms with E-state index in [1.165, 1.54) is 0 Å². The van der Waals surface area contributed by atoms with Crippen molar-refractivity contribution in [3.05, 3.63) is 47.9 Å². The lowest BCUT2D eigenvalue weighted by atomic mass is 10.1. The summed E-state index contributed by atoms with van der Waals surface area (Å²) in [4.78, 5) is 11.3. The van der Waals surface area contributed by atoms with Crippen LogP contribution < -0.4 is 9.47 Å². The first-order valence-electron chi connectivity index (χ1n) is 6.16. The molecule has 2 rings (SSSR count). The summed E-state index contributed by atoms with van der Waals surface area (Å²) in [6, 6.07) is 10.4. The van der Waals surface area contributed by atoms with E-state index in [0.717, 1.165) is 0 Å². The molecule has 0 amide bonds. The van der Waals surface area contributed by atoms with Gasteiger partial charge in [-0.3, -0.25) is 4.79 Å². The summed E-state index contributed by atoms with van der Waals surface area (Å²) in [5.74, 6) is 0.562. The standard InChI is InChI=1S/C15H16O5/c1-10-3-8-14(20-10)13(15(16)17)9-19-12-6-4-11(18-2)5-7-12/h3-8,13H,9H2,1-2H3,(H,16,17). The average Bonchev–Trinajstić information content (AvgIpc) is 2.86. The second-order valence-electron chi connectivity index (χ2n) is 4.33. The monoisotopic (exact) mass is 276 g/mol. The lowest BCUT2D eigenvalue weighted by Gasteiger charge is -2.12. The van der Waals surface area contributed by atoms with Crippen LogP contribution in [0.3, 0.4) is 0 Å². The minimum absolute atomic E-state index is 0.00855. The predicted molar refractivity (Wildman–Crippen MR) is 72.3 cm³/mol. The smallest absolute Gasteiger partial charge is 0.317 e. The van der Waals surface area contributed by atoms with Crippen molar-refractivity contribution in [1.82, 2.24) is 0 Å². The van der Waals surface area contributed by atoms with Gasteiger partial charge in [0.15, 0.2) is 0 Å². The summed E-state index contributed by atoms with van der Waals surface area (Å²) in [5.41, 5.74) is 0. The highest BCUT2D eigenvalue weighted by molar-refractivity contribution is 5.75. The van der Waals surface area contributed by atoms with Gasteiger partial charge in [0, 0.05) is 0 Å². The molecule has 1 N–H and O–H groups in total. The van der Waals surface area contributed by atoms with Crippen molar-refractivity contribution in [2.45, 2.75) is 12.8 Å². The minimum Gasteiger partial charge on any atom is -0.497 e. The first-order chi connectivity index (χ1) is 9.60. The quantitative estimate of drug-likeness (QED) is 0.878. The van der Waals surface area contributed by atoms with Gasteiger partial charge in [-0.05, 0) is 43.3 Å². The fraction of sp³-hybridized carbons (Fsp3) is 0.267. The Kier molecular flexibility index (Phi) is 4.30. The van der Waals surface area contributed by atoms with Gasteiger partial charge >= 0.3 is 5.97 Å². The molecule has 1 aromatic carbocycles. The summed E-state index contributed by atoms with van der Waals surface area (Å²) in [7, 11) is 1.58. The third kappa shape index (κ3) is 3.32. The van der Waals surface area contributed by atoms with Gasteiger partial charge in [0.25, 0.3) is 0 Å². The van der Waals surface area contributed by atoms with Crippen molar-refractivity contribution in [1.29, 1.82) is 0 Å². The molecule has 0 bridgehead atoms. The number of aliphatic carboxylic acids is 1. The highest BCUT2D eigenvalue weighted by atomic mass is 16.5. The summed E-state index contributed by atoms with van der Waals surface area (Å²) in [6.07, 6.45) is 0. The van der Waals surface area contributed by atoms with Crippen LogP contribution in [0.4, 0.5) is 0 Å². The largest absolute Gasteiger partial charge is 0.497 e. The van der Waals surface area contributed by atoms with Gasteiger partial charge in [-0.25, -0.2) is 0 Å². The van der Waals surface area contributed by atoms with Crippen molar-refractivity contribution >= 4 is 5.97 Å². The summed E-state index contributed by atoms with van der Waals surface area (Å²) >= 11 is 0. The average molecular weight is 276 g/mol. The third-order valence-electron chi connectivity index (χ3n) is 2.88. The summed E-state index contributed by atoms with van der Waals surface area (Å²) < 4.78 is 15.9. The van der Waals surface area contributed by atoms with Crippen molar-refractivity contribution in [3.63, 3.8) is 0 Å². The highest BCUT2D eigenvalue weighted by Crippen LogP contribution is 2.22. The number of aryl methyl sites for hydroxylation is 1. The Hall–Kier alpha value is -2.43. The molecule has 0 saturated heterocycles. The van der Waals surface area contributed by atoms with Gasteiger partial charge in [-0.2, -0.15) is 0 Å². The molecule has 0 aliphatic carbocycles. The van der Waals surface area contributed by atoms with Crippen LogP contribution in [-0.4, -0.2) is 24.8 Å². The van der Waals surface area contributed by atoms with E-state index in [0.29, 0.717) is 23.0 Å². The molecule has 0 aliphatic heterocycles. The molecule has 1 heterocycles. The normalized spacial score (nSPS) is 11.9. The summed E-state index contributed by atoms with van der Waals surface area (Å²) in [5, 5.41) is 9.24. The molecule has 5 nitrogen and oxygen atoms in total. The van der Waals surface area contributed by atoms with Gasteiger partial charge < -0.3 is 19.0 Å². The minimum atomic E-state index is -0.979. The maximum Gasteiger partial charge on any atom is 0.317 e. The van der Waals surface area contributed by atoms with Crippen LogP contribution in [0.2, 0.25) is 0 Å². The van der Waals surface area contributed by atoms with E-state index in [2.05, 4.69) is 0 Å². The maximum absolute atomic E-state index is 11.3. The summed E-state index contributed by atoms with van der Waals surface area (Å²) in [6.45, 7) is 1.78. The molecule has 0 spiro atoms. The molecule has 1 atom stereocenters. The van der Waals surface area contributed by atoms with E-state index in [4.69, 9.17) is 13.9 Å². The zero-order chi connectivity index (χ0) is 14.5. The number of ether oxygens (including phenoxy) is 2. The van der Waals surface area contributed by atoms with Crippen LogP contribution in [0.25, 0.3) is 0 Å². The topological polar surface area (TPSA) is 68.9 Å². The zero-order valence-corrected chi connectivity index (χ0v) is 11.3. The van der Waals surface area contributed by atoms with E-state index in [-0.39, 0.29) is 6.61 Å². The number of carboxylic acid groups (broad SMARTS) is 1. The Morgan fingerprint density at radius 3 is 2.35 bits per heavy atom. The number of carboxylic acids is 1. The number of methoxy groups -OCH3 is 1. The van der Waals surface area contributed by atoms with E-state index in [1.807, 2.05) is 0 Å². The number of furan rings is 1. The highest BCUT2D eigenvalue weighted by Gasteiger charge is 2.24. The van der Waals surface area contributed by atoms with E-state index >= 15 is 0 Å². The molecule has 0 saturated carbocycles. The Morgan fingerprint density at radius 2 is 1.85 bits per heavy atom. The van der Waals surface area contributed by atoms with Crippen molar-refractivity contribution in [2.24, 2.45) is 0 Å². The number of benzene rings is 1. The first kappa shape index (κ1) is 14.0.